The number of pyridine rings is 1. The molecule has 0 saturated carbocycles. The molecule has 0 aliphatic rings. The minimum Gasteiger partial charge on any atom is -0.464 e. The molecular formula is C24H23NO4. The van der Waals surface area contributed by atoms with Crippen LogP contribution in [0.3, 0.4) is 0 Å². The van der Waals surface area contributed by atoms with Crippen molar-refractivity contribution in [2.24, 2.45) is 0 Å². The van der Waals surface area contributed by atoms with Gasteiger partial charge >= 0.3 is 11.9 Å². The van der Waals surface area contributed by atoms with Crippen LogP contribution in [0.4, 0.5) is 0 Å². The number of carbonyl (C=O) groups is 2. The summed E-state index contributed by atoms with van der Waals surface area (Å²) in [6.07, 6.45) is 1.55. The first-order valence-electron chi connectivity index (χ1n) is 9.48. The minimum atomic E-state index is -0.624. The summed E-state index contributed by atoms with van der Waals surface area (Å²) < 4.78 is 10.7. The largest absolute Gasteiger partial charge is 0.464 e. The van der Waals surface area contributed by atoms with Gasteiger partial charge in [0, 0.05) is 11.8 Å². The third-order valence-corrected chi connectivity index (χ3v) is 4.71. The molecule has 0 fully saturated rings. The van der Waals surface area contributed by atoms with Gasteiger partial charge in [-0.3, -0.25) is 4.79 Å². The summed E-state index contributed by atoms with van der Waals surface area (Å²) >= 11 is 0. The number of aromatic nitrogens is 1. The van der Waals surface area contributed by atoms with E-state index in [-0.39, 0.29) is 17.6 Å². The quantitative estimate of drug-likeness (QED) is 0.548. The smallest absolute Gasteiger partial charge is 0.356 e. The molecule has 0 N–H and O–H groups in total. The van der Waals surface area contributed by atoms with Crippen molar-refractivity contribution >= 4 is 11.9 Å². The van der Waals surface area contributed by atoms with Crippen molar-refractivity contribution in [1.82, 2.24) is 4.98 Å². The van der Waals surface area contributed by atoms with Crippen molar-refractivity contribution in [3.05, 3.63) is 101 Å². The van der Waals surface area contributed by atoms with Gasteiger partial charge in [-0.15, -0.1) is 0 Å². The van der Waals surface area contributed by atoms with Crippen LogP contribution in [0.2, 0.25) is 0 Å². The minimum absolute atomic E-state index is 0.199. The lowest BCUT2D eigenvalue weighted by Gasteiger charge is -2.22. The van der Waals surface area contributed by atoms with E-state index in [1.165, 1.54) is 7.11 Å². The molecule has 2 atom stereocenters. The molecule has 0 aliphatic carbocycles. The molecule has 0 saturated heterocycles. The highest BCUT2D eigenvalue weighted by Gasteiger charge is 2.26. The topological polar surface area (TPSA) is 65.5 Å². The number of esters is 2. The molecule has 3 rings (SSSR count). The Bertz CT molecular complexity index is 940. The standard InChI is InChI=1S/C24H23NO4/c1-3-20(17-10-6-4-7-11-17)23(26)29-22(18-12-8-5-9-13-18)19-14-15-21(25-16-19)24(27)28-2/h4-16,20,22H,3H2,1-2H3/t20-,22+/m0/s1. The van der Waals surface area contributed by atoms with Crippen LogP contribution in [0.25, 0.3) is 0 Å². The number of hydrogen-bond donors (Lipinski definition) is 0. The van der Waals surface area contributed by atoms with Crippen molar-refractivity contribution in [1.29, 1.82) is 0 Å². The Balaban J connectivity index is 1.90. The van der Waals surface area contributed by atoms with Gasteiger partial charge in [-0.1, -0.05) is 73.7 Å². The van der Waals surface area contributed by atoms with E-state index in [0.29, 0.717) is 12.0 Å². The molecule has 2 aromatic carbocycles. The Morgan fingerprint density at radius 3 is 2.00 bits per heavy atom. The lowest BCUT2D eigenvalue weighted by atomic mass is 9.96. The van der Waals surface area contributed by atoms with Crippen molar-refractivity contribution in [2.45, 2.75) is 25.4 Å². The first-order valence-corrected chi connectivity index (χ1v) is 9.48. The summed E-state index contributed by atoms with van der Waals surface area (Å²) in [6, 6.07) is 22.4. The number of rotatable bonds is 7. The summed E-state index contributed by atoms with van der Waals surface area (Å²) in [5.41, 5.74) is 2.63. The van der Waals surface area contributed by atoms with E-state index >= 15 is 0 Å². The van der Waals surface area contributed by atoms with Gasteiger partial charge in [-0.25, -0.2) is 9.78 Å². The van der Waals surface area contributed by atoms with E-state index in [2.05, 4.69) is 4.98 Å². The van der Waals surface area contributed by atoms with Gasteiger partial charge in [0.2, 0.25) is 0 Å². The Morgan fingerprint density at radius 2 is 1.48 bits per heavy atom. The van der Waals surface area contributed by atoms with E-state index in [0.717, 1.165) is 11.1 Å². The predicted molar refractivity (Wildman–Crippen MR) is 109 cm³/mol. The molecular weight excluding hydrogens is 366 g/mol. The monoisotopic (exact) mass is 389 g/mol. The zero-order chi connectivity index (χ0) is 20.6. The summed E-state index contributed by atoms with van der Waals surface area (Å²) in [4.78, 5) is 28.9. The van der Waals surface area contributed by atoms with Gasteiger partial charge in [-0.2, -0.15) is 0 Å². The molecule has 1 heterocycles. The second-order valence-electron chi connectivity index (χ2n) is 6.57. The molecule has 3 aromatic rings. The Hall–Kier alpha value is -3.47. The number of carbonyl (C=O) groups excluding carboxylic acids is 2. The second-order valence-corrected chi connectivity index (χ2v) is 6.57. The van der Waals surface area contributed by atoms with Crippen LogP contribution in [-0.4, -0.2) is 24.0 Å². The average Bonchev–Trinajstić information content (AvgIpc) is 2.79. The van der Waals surface area contributed by atoms with Crippen molar-refractivity contribution < 1.29 is 19.1 Å². The first kappa shape index (κ1) is 20.3. The lowest BCUT2D eigenvalue weighted by Crippen LogP contribution is -2.19. The van der Waals surface area contributed by atoms with E-state index in [1.807, 2.05) is 67.6 Å². The van der Waals surface area contributed by atoms with Crippen LogP contribution < -0.4 is 0 Å². The number of ether oxygens (including phenoxy) is 2. The lowest BCUT2D eigenvalue weighted by molar-refractivity contribution is -0.149. The van der Waals surface area contributed by atoms with Crippen LogP contribution in [0.1, 0.15) is 52.5 Å². The normalized spacial score (nSPS) is 12.6. The van der Waals surface area contributed by atoms with E-state index < -0.39 is 12.1 Å². The Morgan fingerprint density at radius 1 is 0.862 bits per heavy atom. The van der Waals surface area contributed by atoms with E-state index in [9.17, 15) is 9.59 Å². The number of nitrogens with zero attached hydrogens (tertiary/aromatic N) is 1. The second kappa shape index (κ2) is 9.64. The summed E-state index contributed by atoms with van der Waals surface area (Å²) in [5, 5.41) is 0. The van der Waals surface area contributed by atoms with E-state index in [1.54, 1.807) is 18.3 Å². The maximum Gasteiger partial charge on any atom is 0.356 e. The van der Waals surface area contributed by atoms with Gasteiger partial charge in [-0.05, 0) is 23.6 Å². The molecule has 0 bridgehead atoms. The molecule has 0 aliphatic heterocycles. The van der Waals surface area contributed by atoms with Crippen molar-refractivity contribution in [3.8, 4) is 0 Å². The van der Waals surface area contributed by atoms with Gasteiger partial charge in [0.25, 0.3) is 0 Å². The molecule has 29 heavy (non-hydrogen) atoms. The molecule has 5 heteroatoms. The molecule has 0 spiro atoms. The number of benzene rings is 2. The van der Waals surface area contributed by atoms with E-state index in [4.69, 9.17) is 9.47 Å². The Labute approximate surface area is 170 Å². The molecule has 0 amide bonds. The highest BCUT2D eigenvalue weighted by atomic mass is 16.5. The van der Waals surface area contributed by atoms with Gasteiger partial charge < -0.3 is 9.47 Å². The maximum absolute atomic E-state index is 13.0. The zero-order valence-electron chi connectivity index (χ0n) is 16.4. The SMILES string of the molecule is CC[C@H](C(=O)O[C@H](c1ccccc1)c1ccc(C(=O)OC)nc1)c1ccccc1. The highest BCUT2D eigenvalue weighted by molar-refractivity contribution is 5.87. The van der Waals surface area contributed by atoms with Crippen LogP contribution >= 0.6 is 0 Å². The maximum atomic E-state index is 13.0. The van der Waals surface area contributed by atoms with Crippen LogP contribution in [-0.2, 0) is 14.3 Å². The molecule has 0 radical (unpaired) electrons. The highest BCUT2D eigenvalue weighted by Crippen LogP contribution is 2.30. The molecule has 5 nitrogen and oxygen atoms in total. The summed E-state index contributed by atoms with van der Waals surface area (Å²) in [7, 11) is 1.31. The fraction of sp³-hybridized carbons (Fsp3) is 0.208. The molecule has 148 valence electrons. The first-order chi connectivity index (χ1) is 14.1. The number of methoxy groups -OCH3 is 1. The summed E-state index contributed by atoms with van der Waals surface area (Å²) in [6.45, 7) is 1.96. The predicted octanol–water partition coefficient (Wildman–Crippen LogP) is 4.69. The van der Waals surface area contributed by atoms with Gasteiger partial charge in [0.15, 0.2) is 6.10 Å². The third-order valence-electron chi connectivity index (χ3n) is 4.71. The Kier molecular flexibility index (Phi) is 6.74. The zero-order valence-corrected chi connectivity index (χ0v) is 16.4. The van der Waals surface area contributed by atoms with Crippen LogP contribution in [0, 0.1) is 0 Å². The fourth-order valence-corrected chi connectivity index (χ4v) is 3.16. The van der Waals surface area contributed by atoms with Crippen LogP contribution in [0.15, 0.2) is 79.0 Å². The summed E-state index contributed by atoms with van der Waals surface area (Å²) in [5.74, 6) is -1.17. The van der Waals surface area contributed by atoms with Crippen LogP contribution in [0.5, 0.6) is 0 Å². The van der Waals surface area contributed by atoms with Crippen molar-refractivity contribution in [2.75, 3.05) is 7.11 Å². The third kappa shape index (κ3) is 4.88. The van der Waals surface area contributed by atoms with Crippen molar-refractivity contribution in [3.63, 3.8) is 0 Å². The number of hydrogen-bond acceptors (Lipinski definition) is 5. The molecule has 0 unspecified atom stereocenters. The fourth-order valence-electron chi connectivity index (χ4n) is 3.16. The van der Waals surface area contributed by atoms with Gasteiger partial charge in [0.1, 0.15) is 5.69 Å². The average molecular weight is 389 g/mol. The molecule has 1 aromatic heterocycles. The van der Waals surface area contributed by atoms with Gasteiger partial charge in [0.05, 0.1) is 13.0 Å².